The zero-order chi connectivity index (χ0) is 11.3. The maximum Gasteiger partial charge on any atom is 0.330 e. The predicted octanol–water partition coefficient (Wildman–Crippen LogP) is 2.93. The van der Waals surface area contributed by atoms with Crippen molar-refractivity contribution >= 4 is 5.97 Å². The molecule has 0 amide bonds. The molecular formula is C13H20O2. The third kappa shape index (κ3) is 1.34. The van der Waals surface area contributed by atoms with Crippen molar-refractivity contribution in [3.05, 3.63) is 12.7 Å². The standard InChI is InChI=1S/C13H20O2/c1-5-11(14)15-10-8-13(4)7-6-9(10)12(13,2)3/h5,9-10H,1,6-8H2,2-4H3. The number of carbonyl (C=O) groups is 1. The Morgan fingerprint density at radius 3 is 2.53 bits per heavy atom. The molecule has 0 aromatic carbocycles. The number of rotatable bonds is 2. The van der Waals surface area contributed by atoms with E-state index in [2.05, 4.69) is 27.4 Å². The molecule has 2 rings (SSSR count). The van der Waals surface area contributed by atoms with E-state index < -0.39 is 0 Å². The topological polar surface area (TPSA) is 26.3 Å². The third-order valence-corrected chi connectivity index (χ3v) is 5.02. The van der Waals surface area contributed by atoms with E-state index in [4.69, 9.17) is 4.74 Å². The second-order valence-corrected chi connectivity index (χ2v) is 5.81. The first-order chi connectivity index (χ1) is 6.90. The minimum atomic E-state index is -0.271. The van der Waals surface area contributed by atoms with Crippen LogP contribution in [0.5, 0.6) is 0 Å². The summed E-state index contributed by atoms with van der Waals surface area (Å²) in [6, 6.07) is 0. The zero-order valence-electron chi connectivity index (χ0n) is 9.88. The Labute approximate surface area is 91.7 Å². The van der Waals surface area contributed by atoms with Crippen molar-refractivity contribution in [3.63, 3.8) is 0 Å². The van der Waals surface area contributed by atoms with E-state index in [0.717, 1.165) is 6.42 Å². The second kappa shape index (κ2) is 3.10. The number of carbonyl (C=O) groups excluding carboxylic acids is 1. The highest BCUT2D eigenvalue weighted by Crippen LogP contribution is 2.66. The summed E-state index contributed by atoms with van der Waals surface area (Å²) in [7, 11) is 0. The highest BCUT2D eigenvalue weighted by Gasteiger charge is 2.61. The van der Waals surface area contributed by atoms with E-state index in [1.54, 1.807) is 0 Å². The van der Waals surface area contributed by atoms with Gasteiger partial charge in [-0.3, -0.25) is 0 Å². The van der Waals surface area contributed by atoms with Crippen LogP contribution < -0.4 is 0 Å². The minimum absolute atomic E-state index is 0.115. The Bertz CT molecular complexity index is 303. The van der Waals surface area contributed by atoms with Crippen molar-refractivity contribution in [3.8, 4) is 0 Å². The molecule has 0 aliphatic heterocycles. The van der Waals surface area contributed by atoms with Gasteiger partial charge in [-0.25, -0.2) is 4.79 Å². The monoisotopic (exact) mass is 208 g/mol. The van der Waals surface area contributed by atoms with Gasteiger partial charge in [0.25, 0.3) is 0 Å². The molecule has 84 valence electrons. The molecule has 2 fully saturated rings. The molecule has 0 heterocycles. The number of hydrogen-bond acceptors (Lipinski definition) is 2. The Hall–Kier alpha value is -0.790. The van der Waals surface area contributed by atoms with Crippen LogP contribution in [0.1, 0.15) is 40.0 Å². The van der Waals surface area contributed by atoms with Crippen molar-refractivity contribution in [1.82, 2.24) is 0 Å². The van der Waals surface area contributed by atoms with Gasteiger partial charge in [-0.15, -0.1) is 0 Å². The average molecular weight is 208 g/mol. The number of esters is 1. The Morgan fingerprint density at radius 1 is 1.47 bits per heavy atom. The molecule has 0 aromatic rings. The van der Waals surface area contributed by atoms with Crippen LogP contribution in [-0.4, -0.2) is 12.1 Å². The Balaban J connectivity index is 2.15. The van der Waals surface area contributed by atoms with Gasteiger partial charge in [0.1, 0.15) is 6.10 Å². The summed E-state index contributed by atoms with van der Waals surface area (Å²) >= 11 is 0. The summed E-state index contributed by atoms with van der Waals surface area (Å²) in [5.74, 6) is 0.262. The maximum atomic E-state index is 11.2. The van der Waals surface area contributed by atoms with Crippen molar-refractivity contribution in [2.45, 2.75) is 46.1 Å². The molecule has 2 saturated carbocycles. The molecule has 3 atom stereocenters. The van der Waals surface area contributed by atoms with Gasteiger partial charge in [0.15, 0.2) is 0 Å². The number of fused-ring (bicyclic) bond motifs is 2. The van der Waals surface area contributed by atoms with Crippen LogP contribution in [0.15, 0.2) is 12.7 Å². The summed E-state index contributed by atoms with van der Waals surface area (Å²) < 4.78 is 5.44. The van der Waals surface area contributed by atoms with E-state index in [1.807, 2.05) is 0 Å². The molecule has 2 bridgehead atoms. The van der Waals surface area contributed by atoms with Crippen LogP contribution in [0.4, 0.5) is 0 Å². The molecule has 2 aliphatic carbocycles. The molecule has 15 heavy (non-hydrogen) atoms. The van der Waals surface area contributed by atoms with Crippen molar-refractivity contribution in [2.75, 3.05) is 0 Å². The van der Waals surface area contributed by atoms with Crippen molar-refractivity contribution in [1.29, 1.82) is 0 Å². The largest absolute Gasteiger partial charge is 0.459 e. The van der Waals surface area contributed by atoms with Crippen LogP contribution in [0.25, 0.3) is 0 Å². The highest BCUT2D eigenvalue weighted by atomic mass is 16.5. The zero-order valence-corrected chi connectivity index (χ0v) is 9.88. The van der Waals surface area contributed by atoms with Gasteiger partial charge < -0.3 is 4.74 Å². The van der Waals surface area contributed by atoms with Crippen molar-refractivity contribution < 1.29 is 9.53 Å². The fourth-order valence-electron chi connectivity index (χ4n) is 3.53. The first-order valence-electron chi connectivity index (χ1n) is 5.74. The summed E-state index contributed by atoms with van der Waals surface area (Å²) in [5.41, 5.74) is 0.656. The van der Waals surface area contributed by atoms with Gasteiger partial charge in [-0.05, 0) is 30.1 Å². The van der Waals surface area contributed by atoms with E-state index in [9.17, 15) is 4.79 Å². The normalized spacial score (nSPS) is 41.5. The molecule has 2 aliphatic rings. The van der Waals surface area contributed by atoms with Gasteiger partial charge in [0.05, 0.1) is 0 Å². The lowest BCUT2D eigenvalue weighted by atomic mass is 9.71. The molecule has 3 unspecified atom stereocenters. The Kier molecular flexibility index (Phi) is 2.21. The maximum absolute atomic E-state index is 11.2. The second-order valence-electron chi connectivity index (χ2n) is 5.81. The van der Waals surface area contributed by atoms with Crippen LogP contribution in [-0.2, 0) is 9.53 Å². The van der Waals surface area contributed by atoms with Gasteiger partial charge >= 0.3 is 5.97 Å². The fourth-order valence-corrected chi connectivity index (χ4v) is 3.53. The van der Waals surface area contributed by atoms with Gasteiger partial charge in [0.2, 0.25) is 0 Å². The van der Waals surface area contributed by atoms with Crippen LogP contribution >= 0.6 is 0 Å². The summed E-state index contributed by atoms with van der Waals surface area (Å²) in [4.78, 5) is 11.2. The predicted molar refractivity (Wildman–Crippen MR) is 59.3 cm³/mol. The molecule has 2 nitrogen and oxygen atoms in total. The van der Waals surface area contributed by atoms with E-state index in [-0.39, 0.29) is 12.1 Å². The van der Waals surface area contributed by atoms with Gasteiger partial charge in [-0.2, -0.15) is 0 Å². The molecule has 2 heteroatoms. The smallest absolute Gasteiger partial charge is 0.330 e. The van der Waals surface area contributed by atoms with E-state index in [0.29, 0.717) is 16.7 Å². The summed E-state index contributed by atoms with van der Waals surface area (Å²) in [6.07, 6.45) is 4.86. The molecule has 0 radical (unpaired) electrons. The number of hydrogen-bond donors (Lipinski definition) is 0. The van der Waals surface area contributed by atoms with Crippen molar-refractivity contribution in [2.24, 2.45) is 16.7 Å². The fraction of sp³-hybridized carbons (Fsp3) is 0.769. The summed E-state index contributed by atoms with van der Waals surface area (Å²) in [6.45, 7) is 10.4. The van der Waals surface area contributed by atoms with E-state index >= 15 is 0 Å². The lowest BCUT2D eigenvalue weighted by Gasteiger charge is -2.33. The third-order valence-electron chi connectivity index (χ3n) is 5.02. The molecular weight excluding hydrogens is 188 g/mol. The van der Waals surface area contributed by atoms with Crippen LogP contribution in [0.2, 0.25) is 0 Å². The molecule has 0 N–H and O–H groups in total. The van der Waals surface area contributed by atoms with Gasteiger partial charge in [0, 0.05) is 12.0 Å². The lowest BCUT2D eigenvalue weighted by Crippen LogP contribution is -2.27. The average Bonchev–Trinajstić information content (AvgIpc) is 2.48. The van der Waals surface area contributed by atoms with Gasteiger partial charge in [-0.1, -0.05) is 27.4 Å². The van der Waals surface area contributed by atoms with Crippen LogP contribution in [0.3, 0.4) is 0 Å². The van der Waals surface area contributed by atoms with Crippen LogP contribution in [0, 0.1) is 16.7 Å². The molecule has 0 spiro atoms. The minimum Gasteiger partial charge on any atom is -0.459 e. The SMILES string of the molecule is C=CC(=O)OC1CC2(C)CCC1C2(C)C. The quantitative estimate of drug-likeness (QED) is 0.515. The lowest BCUT2D eigenvalue weighted by molar-refractivity contribution is -0.146. The highest BCUT2D eigenvalue weighted by molar-refractivity contribution is 5.81. The number of ether oxygens (including phenoxy) is 1. The molecule has 0 saturated heterocycles. The molecule has 0 aromatic heterocycles. The Morgan fingerprint density at radius 2 is 2.13 bits per heavy atom. The summed E-state index contributed by atoms with van der Waals surface area (Å²) in [5, 5.41) is 0. The first kappa shape index (κ1) is 10.7. The van der Waals surface area contributed by atoms with E-state index in [1.165, 1.54) is 18.9 Å². The first-order valence-corrected chi connectivity index (χ1v) is 5.74.